The lowest BCUT2D eigenvalue weighted by atomic mass is 10.2. The van der Waals surface area contributed by atoms with Crippen LogP contribution in [0.15, 0.2) is 18.5 Å². The molecule has 0 fully saturated rings. The van der Waals surface area contributed by atoms with Crippen molar-refractivity contribution in [2.24, 2.45) is 0 Å². The number of hydrogen-bond donors (Lipinski definition) is 2. The van der Waals surface area contributed by atoms with Crippen molar-refractivity contribution in [3.63, 3.8) is 0 Å². The number of rotatable bonds is 3. The highest BCUT2D eigenvalue weighted by atomic mass is 19.2. The Bertz CT molecular complexity index is 707. The van der Waals surface area contributed by atoms with Gasteiger partial charge in [-0.3, -0.25) is 4.98 Å². The van der Waals surface area contributed by atoms with Gasteiger partial charge in [-0.2, -0.15) is 0 Å². The number of benzene rings is 1. The third-order valence-electron chi connectivity index (χ3n) is 2.52. The van der Waals surface area contributed by atoms with E-state index in [9.17, 15) is 26.7 Å². The van der Waals surface area contributed by atoms with Gasteiger partial charge >= 0.3 is 5.97 Å². The van der Waals surface area contributed by atoms with E-state index < -0.39 is 46.3 Å². The maximum Gasteiger partial charge on any atom is 0.339 e. The van der Waals surface area contributed by atoms with Crippen LogP contribution in [0, 0.1) is 29.1 Å². The number of carboxylic acid groups (broad SMARTS) is 1. The van der Waals surface area contributed by atoms with E-state index in [0.717, 1.165) is 18.5 Å². The summed E-state index contributed by atoms with van der Waals surface area (Å²) < 4.78 is 65.9. The summed E-state index contributed by atoms with van der Waals surface area (Å²) in [6.45, 7) is 0. The Morgan fingerprint density at radius 1 is 1.00 bits per heavy atom. The Morgan fingerprint density at radius 2 is 1.52 bits per heavy atom. The molecule has 1 heterocycles. The van der Waals surface area contributed by atoms with Crippen LogP contribution in [0.2, 0.25) is 0 Å². The minimum atomic E-state index is -2.30. The molecule has 0 aliphatic heterocycles. The van der Waals surface area contributed by atoms with Crippen LogP contribution >= 0.6 is 0 Å². The highest BCUT2D eigenvalue weighted by Gasteiger charge is 2.26. The highest BCUT2D eigenvalue weighted by molar-refractivity contribution is 5.94. The fourth-order valence-corrected chi connectivity index (χ4v) is 1.52. The van der Waals surface area contributed by atoms with Crippen LogP contribution in [0.4, 0.5) is 33.3 Å². The lowest BCUT2D eigenvalue weighted by Crippen LogP contribution is -2.09. The molecule has 9 heteroatoms. The fourth-order valence-electron chi connectivity index (χ4n) is 1.52. The van der Waals surface area contributed by atoms with Gasteiger partial charge in [0.1, 0.15) is 11.3 Å². The first-order valence-corrected chi connectivity index (χ1v) is 5.30. The van der Waals surface area contributed by atoms with Crippen molar-refractivity contribution in [1.29, 1.82) is 0 Å². The van der Waals surface area contributed by atoms with Crippen molar-refractivity contribution < 1.29 is 31.9 Å². The minimum absolute atomic E-state index is 0.374. The van der Waals surface area contributed by atoms with E-state index in [1.807, 2.05) is 5.32 Å². The second-order valence-corrected chi connectivity index (χ2v) is 3.80. The number of nitrogens with one attached hydrogen (secondary N) is 1. The number of pyridine rings is 1. The first-order valence-electron chi connectivity index (χ1n) is 5.30. The molecule has 1 aromatic heterocycles. The number of halogens is 5. The van der Waals surface area contributed by atoms with E-state index in [4.69, 9.17) is 5.11 Å². The summed E-state index contributed by atoms with van der Waals surface area (Å²) in [5, 5.41) is 10.7. The van der Waals surface area contributed by atoms with Crippen LogP contribution in [-0.4, -0.2) is 16.1 Å². The lowest BCUT2D eigenvalue weighted by molar-refractivity contribution is 0.0697. The monoisotopic (exact) mass is 304 g/mol. The molecular weight excluding hydrogens is 299 g/mol. The molecule has 0 aliphatic rings. The number of nitrogens with zero attached hydrogens (tertiary/aromatic N) is 1. The van der Waals surface area contributed by atoms with Crippen molar-refractivity contribution >= 4 is 17.3 Å². The second-order valence-electron chi connectivity index (χ2n) is 3.80. The van der Waals surface area contributed by atoms with Gasteiger partial charge in [0.15, 0.2) is 23.3 Å². The van der Waals surface area contributed by atoms with Crippen molar-refractivity contribution in [3.8, 4) is 0 Å². The molecule has 0 saturated heterocycles. The maximum absolute atomic E-state index is 13.5. The molecule has 0 amide bonds. The van der Waals surface area contributed by atoms with Gasteiger partial charge in [0, 0.05) is 12.4 Å². The molecule has 0 bridgehead atoms. The number of carboxylic acids is 1. The first-order chi connectivity index (χ1) is 9.84. The molecule has 0 unspecified atom stereocenters. The average Bonchev–Trinajstić information content (AvgIpc) is 2.48. The predicted molar refractivity (Wildman–Crippen MR) is 60.7 cm³/mol. The average molecular weight is 304 g/mol. The summed E-state index contributed by atoms with van der Waals surface area (Å²) >= 11 is 0. The van der Waals surface area contributed by atoms with Crippen molar-refractivity contribution in [2.75, 3.05) is 5.32 Å². The summed E-state index contributed by atoms with van der Waals surface area (Å²) in [5.74, 6) is -12.3. The molecule has 1 aromatic carbocycles. The molecule has 0 spiro atoms. The zero-order valence-electron chi connectivity index (χ0n) is 9.92. The molecule has 2 aromatic rings. The maximum atomic E-state index is 13.5. The van der Waals surface area contributed by atoms with E-state index in [0.29, 0.717) is 0 Å². The normalized spacial score (nSPS) is 10.5. The SMILES string of the molecule is O=C(O)c1cnccc1Nc1c(F)c(F)c(F)c(F)c1F. The van der Waals surface area contributed by atoms with E-state index in [1.54, 1.807) is 0 Å². The van der Waals surface area contributed by atoms with Gasteiger partial charge < -0.3 is 10.4 Å². The van der Waals surface area contributed by atoms with Crippen molar-refractivity contribution in [1.82, 2.24) is 4.98 Å². The van der Waals surface area contributed by atoms with Crippen LogP contribution in [0.1, 0.15) is 10.4 Å². The molecule has 2 rings (SSSR count). The molecule has 2 N–H and O–H groups in total. The predicted octanol–water partition coefficient (Wildman–Crippen LogP) is 3.22. The van der Waals surface area contributed by atoms with Gasteiger partial charge in [0.2, 0.25) is 5.82 Å². The van der Waals surface area contributed by atoms with Crippen LogP contribution in [0.25, 0.3) is 0 Å². The first kappa shape index (κ1) is 14.7. The fraction of sp³-hybridized carbons (Fsp3) is 0. The number of carbonyl (C=O) groups is 1. The van der Waals surface area contributed by atoms with Gasteiger partial charge in [0.05, 0.1) is 5.69 Å². The summed E-state index contributed by atoms with van der Waals surface area (Å²) in [5.41, 5.74) is -2.22. The largest absolute Gasteiger partial charge is 0.478 e. The topological polar surface area (TPSA) is 62.2 Å². The third-order valence-corrected chi connectivity index (χ3v) is 2.52. The molecule has 110 valence electrons. The van der Waals surface area contributed by atoms with Crippen LogP contribution < -0.4 is 5.32 Å². The Balaban J connectivity index is 2.58. The van der Waals surface area contributed by atoms with Crippen molar-refractivity contribution in [2.45, 2.75) is 0 Å². The molecular formula is C12H5F5N2O2. The number of aromatic carboxylic acids is 1. The number of hydrogen-bond acceptors (Lipinski definition) is 3. The van der Waals surface area contributed by atoms with E-state index in [2.05, 4.69) is 4.98 Å². The van der Waals surface area contributed by atoms with E-state index >= 15 is 0 Å². The molecule has 0 aliphatic carbocycles. The molecule has 21 heavy (non-hydrogen) atoms. The molecule has 4 nitrogen and oxygen atoms in total. The Morgan fingerprint density at radius 3 is 2.05 bits per heavy atom. The number of anilines is 2. The van der Waals surface area contributed by atoms with Gasteiger partial charge in [-0.05, 0) is 6.07 Å². The van der Waals surface area contributed by atoms with Crippen molar-refractivity contribution in [3.05, 3.63) is 53.1 Å². The smallest absolute Gasteiger partial charge is 0.339 e. The van der Waals surface area contributed by atoms with E-state index in [-0.39, 0.29) is 5.69 Å². The van der Waals surface area contributed by atoms with Crippen LogP contribution in [0.3, 0.4) is 0 Å². The number of aromatic nitrogens is 1. The second kappa shape index (κ2) is 5.35. The Kier molecular flexibility index (Phi) is 3.74. The minimum Gasteiger partial charge on any atom is -0.478 e. The summed E-state index contributed by atoms with van der Waals surface area (Å²) in [6.07, 6.45) is 1.94. The zero-order valence-corrected chi connectivity index (χ0v) is 9.92. The van der Waals surface area contributed by atoms with E-state index in [1.165, 1.54) is 0 Å². The summed E-state index contributed by atoms with van der Waals surface area (Å²) in [7, 11) is 0. The summed E-state index contributed by atoms with van der Waals surface area (Å²) in [4.78, 5) is 14.4. The third kappa shape index (κ3) is 2.49. The summed E-state index contributed by atoms with van der Waals surface area (Å²) in [6, 6.07) is 1.02. The zero-order chi connectivity index (χ0) is 15.7. The van der Waals surface area contributed by atoms with Gasteiger partial charge in [-0.25, -0.2) is 26.7 Å². The Hall–Kier alpha value is -2.71. The van der Waals surface area contributed by atoms with Gasteiger partial charge in [-0.15, -0.1) is 0 Å². The molecule has 0 atom stereocenters. The lowest BCUT2D eigenvalue weighted by Gasteiger charge is -2.12. The quantitative estimate of drug-likeness (QED) is 0.519. The Labute approximate surface area is 113 Å². The molecule has 0 radical (unpaired) electrons. The standard InChI is InChI=1S/C12H5F5N2O2/c13-6-7(14)9(16)11(10(17)8(6)15)19-5-1-2-18-3-4(5)12(20)21/h1-3H,(H,18,19)(H,20,21). The molecule has 0 saturated carbocycles. The van der Waals surface area contributed by atoms with Gasteiger partial charge in [0.25, 0.3) is 0 Å². The van der Waals surface area contributed by atoms with Crippen LogP contribution in [0.5, 0.6) is 0 Å². The highest BCUT2D eigenvalue weighted by Crippen LogP contribution is 2.30. The van der Waals surface area contributed by atoms with Crippen LogP contribution in [-0.2, 0) is 0 Å². The van der Waals surface area contributed by atoms with Gasteiger partial charge in [-0.1, -0.05) is 0 Å².